The fourth-order valence-electron chi connectivity index (χ4n) is 2.57. The minimum Gasteiger partial charge on any atom is -0.403 e. The lowest BCUT2D eigenvalue weighted by molar-refractivity contribution is -0.123. The first kappa shape index (κ1) is 20.1. The SMILES string of the molecule is Cn1cccc1C(=O)N[C@H](CCN(N)/C=C\N)C(=O)NCc1ccccc1. The van der Waals surface area contributed by atoms with Crippen molar-refractivity contribution < 1.29 is 9.59 Å². The summed E-state index contributed by atoms with van der Waals surface area (Å²) in [6, 6.07) is 12.3. The van der Waals surface area contributed by atoms with E-state index in [0.29, 0.717) is 25.2 Å². The molecule has 0 radical (unpaired) electrons. The zero-order chi connectivity index (χ0) is 19.6. The van der Waals surface area contributed by atoms with E-state index in [1.807, 2.05) is 30.3 Å². The van der Waals surface area contributed by atoms with Gasteiger partial charge in [0.1, 0.15) is 11.7 Å². The monoisotopic (exact) mass is 370 g/mol. The van der Waals surface area contributed by atoms with Crippen molar-refractivity contribution in [2.24, 2.45) is 18.6 Å². The molecule has 0 aliphatic heterocycles. The van der Waals surface area contributed by atoms with Crippen molar-refractivity contribution in [3.63, 3.8) is 0 Å². The first-order chi connectivity index (χ1) is 13.0. The summed E-state index contributed by atoms with van der Waals surface area (Å²) >= 11 is 0. The molecule has 0 bridgehead atoms. The summed E-state index contributed by atoms with van der Waals surface area (Å²) in [4.78, 5) is 25.1. The summed E-state index contributed by atoms with van der Waals surface area (Å²) in [7, 11) is 1.77. The molecule has 0 aliphatic carbocycles. The number of hydrogen-bond acceptors (Lipinski definition) is 5. The summed E-state index contributed by atoms with van der Waals surface area (Å²) in [6.45, 7) is 0.732. The lowest BCUT2D eigenvalue weighted by Gasteiger charge is -2.21. The average Bonchev–Trinajstić information content (AvgIpc) is 3.10. The summed E-state index contributed by atoms with van der Waals surface area (Å²) < 4.78 is 1.70. The second kappa shape index (κ2) is 10.0. The van der Waals surface area contributed by atoms with Gasteiger partial charge in [0, 0.05) is 38.7 Å². The number of aryl methyl sites for hydroxylation is 1. The van der Waals surface area contributed by atoms with E-state index in [-0.39, 0.29) is 11.8 Å². The Hall–Kier alpha value is -3.26. The molecular weight excluding hydrogens is 344 g/mol. The molecular formula is C19H26N6O2. The van der Waals surface area contributed by atoms with Gasteiger partial charge in [-0.15, -0.1) is 0 Å². The molecule has 2 amide bonds. The highest BCUT2D eigenvalue weighted by Crippen LogP contribution is 2.04. The van der Waals surface area contributed by atoms with E-state index in [1.54, 1.807) is 29.9 Å². The number of nitrogens with zero attached hydrogens (tertiary/aromatic N) is 2. The third kappa shape index (κ3) is 6.19. The van der Waals surface area contributed by atoms with Gasteiger partial charge in [0.2, 0.25) is 5.91 Å². The Morgan fingerprint density at radius 3 is 2.59 bits per heavy atom. The largest absolute Gasteiger partial charge is 0.403 e. The maximum atomic E-state index is 12.6. The minimum atomic E-state index is -0.728. The summed E-state index contributed by atoms with van der Waals surface area (Å²) in [6.07, 6.45) is 4.91. The fourth-order valence-corrected chi connectivity index (χ4v) is 2.57. The van der Waals surface area contributed by atoms with E-state index in [1.165, 1.54) is 17.4 Å². The Bertz CT molecular complexity index is 772. The van der Waals surface area contributed by atoms with Crippen LogP contribution in [0.2, 0.25) is 0 Å². The molecule has 1 atom stereocenters. The quantitative estimate of drug-likeness (QED) is 0.377. The minimum absolute atomic E-state index is 0.272. The van der Waals surface area contributed by atoms with Crippen LogP contribution in [0.25, 0.3) is 0 Å². The topological polar surface area (TPSA) is 118 Å². The highest BCUT2D eigenvalue weighted by Gasteiger charge is 2.22. The Labute approximate surface area is 158 Å². The lowest BCUT2D eigenvalue weighted by Crippen LogP contribution is -2.48. The van der Waals surface area contributed by atoms with Gasteiger partial charge in [-0.3, -0.25) is 9.59 Å². The van der Waals surface area contributed by atoms with Crippen molar-refractivity contribution in [1.29, 1.82) is 0 Å². The zero-order valence-corrected chi connectivity index (χ0v) is 15.3. The van der Waals surface area contributed by atoms with Crippen LogP contribution < -0.4 is 22.2 Å². The smallest absolute Gasteiger partial charge is 0.268 e. The van der Waals surface area contributed by atoms with Crippen LogP contribution in [-0.2, 0) is 18.4 Å². The summed E-state index contributed by atoms with van der Waals surface area (Å²) in [5, 5.41) is 7.01. The van der Waals surface area contributed by atoms with Gasteiger partial charge in [-0.05, 0) is 24.1 Å². The number of rotatable bonds is 9. The Morgan fingerprint density at radius 1 is 1.22 bits per heavy atom. The number of benzene rings is 1. The highest BCUT2D eigenvalue weighted by molar-refractivity contribution is 5.96. The summed E-state index contributed by atoms with van der Waals surface area (Å²) in [5.74, 6) is 5.17. The van der Waals surface area contributed by atoms with Crippen LogP contribution in [0.4, 0.5) is 0 Å². The van der Waals surface area contributed by atoms with Crippen molar-refractivity contribution in [2.45, 2.75) is 19.0 Å². The molecule has 2 rings (SSSR count). The third-order valence-electron chi connectivity index (χ3n) is 4.06. The molecule has 1 aromatic heterocycles. The highest BCUT2D eigenvalue weighted by atomic mass is 16.2. The van der Waals surface area contributed by atoms with Gasteiger partial charge in [-0.1, -0.05) is 30.3 Å². The molecule has 27 heavy (non-hydrogen) atoms. The molecule has 0 unspecified atom stereocenters. The van der Waals surface area contributed by atoms with Gasteiger partial charge in [0.05, 0.1) is 0 Å². The standard InChI is InChI=1S/C19H26N6O2/c1-24-11-5-8-17(24)19(27)23-16(9-12-25(21)13-10-20)18(26)22-14-15-6-3-2-4-7-15/h2-8,10-11,13,16H,9,12,14,20-21H2,1H3,(H,22,26)(H,23,27)/b13-10-/t16-/m1/s1. The molecule has 0 aliphatic rings. The number of carbonyl (C=O) groups excluding carboxylic acids is 2. The van der Waals surface area contributed by atoms with E-state index in [2.05, 4.69) is 10.6 Å². The fraction of sp³-hybridized carbons (Fsp3) is 0.263. The van der Waals surface area contributed by atoms with Gasteiger partial charge in [-0.25, -0.2) is 5.84 Å². The van der Waals surface area contributed by atoms with Crippen molar-refractivity contribution in [2.75, 3.05) is 6.54 Å². The number of nitrogens with one attached hydrogen (secondary N) is 2. The van der Waals surface area contributed by atoms with Gasteiger partial charge in [0.25, 0.3) is 5.91 Å². The summed E-state index contributed by atoms with van der Waals surface area (Å²) in [5.41, 5.74) is 6.77. The van der Waals surface area contributed by atoms with Crippen LogP contribution in [0.1, 0.15) is 22.5 Å². The van der Waals surface area contributed by atoms with Gasteiger partial charge in [0.15, 0.2) is 0 Å². The number of hydrazine groups is 1. The Morgan fingerprint density at radius 2 is 1.96 bits per heavy atom. The molecule has 2 aromatic rings. The van der Waals surface area contributed by atoms with Crippen molar-refractivity contribution in [1.82, 2.24) is 20.2 Å². The zero-order valence-electron chi connectivity index (χ0n) is 15.3. The second-order valence-electron chi connectivity index (χ2n) is 6.10. The maximum Gasteiger partial charge on any atom is 0.268 e. The molecule has 0 spiro atoms. The average molecular weight is 370 g/mol. The van der Waals surface area contributed by atoms with E-state index >= 15 is 0 Å². The Balaban J connectivity index is 2.02. The molecule has 8 heteroatoms. The van der Waals surface area contributed by atoms with Gasteiger partial charge in [-0.2, -0.15) is 0 Å². The molecule has 1 aromatic carbocycles. The predicted molar refractivity (Wildman–Crippen MR) is 104 cm³/mol. The van der Waals surface area contributed by atoms with Crippen LogP contribution in [0.15, 0.2) is 61.1 Å². The predicted octanol–water partition coefficient (Wildman–Crippen LogP) is 0.436. The third-order valence-corrected chi connectivity index (χ3v) is 4.06. The number of carbonyl (C=O) groups is 2. The number of aromatic nitrogens is 1. The van der Waals surface area contributed by atoms with E-state index in [9.17, 15) is 9.59 Å². The van der Waals surface area contributed by atoms with Crippen molar-refractivity contribution >= 4 is 11.8 Å². The first-order valence-corrected chi connectivity index (χ1v) is 8.65. The second-order valence-corrected chi connectivity index (χ2v) is 6.10. The number of nitrogens with two attached hydrogens (primary N) is 2. The van der Waals surface area contributed by atoms with Crippen LogP contribution >= 0.6 is 0 Å². The molecule has 144 valence electrons. The van der Waals surface area contributed by atoms with E-state index < -0.39 is 6.04 Å². The maximum absolute atomic E-state index is 12.6. The number of hydrogen-bond donors (Lipinski definition) is 4. The van der Waals surface area contributed by atoms with Crippen LogP contribution in [0.5, 0.6) is 0 Å². The van der Waals surface area contributed by atoms with Crippen molar-refractivity contribution in [3.05, 3.63) is 72.3 Å². The Kier molecular flexibility index (Phi) is 7.45. The van der Waals surface area contributed by atoms with Crippen molar-refractivity contribution in [3.8, 4) is 0 Å². The van der Waals surface area contributed by atoms with Crippen LogP contribution in [0.3, 0.4) is 0 Å². The molecule has 0 saturated carbocycles. The van der Waals surface area contributed by atoms with Crippen LogP contribution in [0, 0.1) is 0 Å². The molecule has 0 saturated heterocycles. The van der Waals surface area contributed by atoms with Crippen LogP contribution in [-0.4, -0.2) is 34.0 Å². The van der Waals surface area contributed by atoms with E-state index in [0.717, 1.165) is 5.56 Å². The molecule has 0 fully saturated rings. The normalized spacial score (nSPS) is 11.9. The van der Waals surface area contributed by atoms with E-state index in [4.69, 9.17) is 11.6 Å². The first-order valence-electron chi connectivity index (χ1n) is 8.65. The molecule has 1 heterocycles. The molecule has 6 N–H and O–H groups in total. The lowest BCUT2D eigenvalue weighted by atomic mass is 10.1. The van der Waals surface area contributed by atoms with Gasteiger partial charge >= 0.3 is 0 Å². The van der Waals surface area contributed by atoms with Gasteiger partial charge < -0.3 is 25.9 Å². The molecule has 8 nitrogen and oxygen atoms in total. The number of amides is 2.